The molecule has 0 radical (unpaired) electrons. The van der Waals surface area contributed by atoms with E-state index in [9.17, 15) is 10.2 Å². The van der Waals surface area contributed by atoms with Crippen LogP contribution in [0.3, 0.4) is 0 Å². The van der Waals surface area contributed by atoms with E-state index in [1.807, 2.05) is 6.08 Å². The first kappa shape index (κ1) is 7.49. The van der Waals surface area contributed by atoms with E-state index in [2.05, 4.69) is 9.98 Å². The van der Waals surface area contributed by atoms with Gasteiger partial charge in [0.05, 0.1) is 5.56 Å². The van der Waals surface area contributed by atoms with Gasteiger partial charge in [-0.1, -0.05) is 0 Å². The summed E-state index contributed by atoms with van der Waals surface area (Å²) in [5.41, 5.74) is 0.535. The Morgan fingerprint density at radius 1 is 1.36 bits per heavy atom. The minimum absolute atomic E-state index is 0.0718. The van der Waals surface area contributed by atoms with E-state index in [0.717, 1.165) is 0 Å². The van der Waals surface area contributed by atoms with Crippen LogP contribution in [-0.4, -0.2) is 27.5 Å². The van der Waals surface area contributed by atoms with Crippen LogP contribution in [0.25, 0.3) is 0 Å². The number of rotatable bonds is 0. The molecule has 2 aliphatic heterocycles. The molecule has 1 aromatic rings. The molecule has 0 saturated carbocycles. The van der Waals surface area contributed by atoms with Crippen LogP contribution in [0.15, 0.2) is 17.1 Å². The molecule has 0 bridgehead atoms. The highest BCUT2D eigenvalue weighted by Crippen LogP contribution is 2.50. The fraction of sp³-hybridized carbons (Fsp3) is 0.222. The van der Waals surface area contributed by atoms with E-state index in [0.29, 0.717) is 11.3 Å². The second kappa shape index (κ2) is 2.31. The molecule has 2 atom stereocenters. The second-order valence-corrected chi connectivity index (χ2v) is 3.28. The minimum atomic E-state index is -0.243. The van der Waals surface area contributed by atoms with Crippen LogP contribution in [0.2, 0.25) is 0 Å². The van der Waals surface area contributed by atoms with Crippen molar-refractivity contribution in [1.82, 2.24) is 4.98 Å². The van der Waals surface area contributed by atoms with Crippen molar-refractivity contribution >= 4 is 6.21 Å². The van der Waals surface area contributed by atoms with Crippen LogP contribution >= 0.6 is 0 Å². The molecule has 0 amide bonds. The van der Waals surface area contributed by atoms with Gasteiger partial charge in [0.2, 0.25) is 11.8 Å². The molecule has 0 fully saturated rings. The van der Waals surface area contributed by atoms with Crippen LogP contribution in [0, 0.1) is 0 Å². The SMILES string of the molecule is Oc1[nH]c(O)c2c1OC1C=CC=NC21. The predicted molar refractivity (Wildman–Crippen MR) is 48.9 cm³/mol. The van der Waals surface area contributed by atoms with Gasteiger partial charge in [-0.15, -0.1) is 0 Å². The molecule has 3 N–H and O–H groups in total. The van der Waals surface area contributed by atoms with Gasteiger partial charge in [-0.3, -0.25) is 9.98 Å². The zero-order valence-corrected chi connectivity index (χ0v) is 7.14. The summed E-state index contributed by atoms with van der Waals surface area (Å²) < 4.78 is 5.42. The number of dihydropyridines is 1. The van der Waals surface area contributed by atoms with Crippen molar-refractivity contribution in [2.45, 2.75) is 12.1 Å². The maximum Gasteiger partial charge on any atom is 0.235 e. The Morgan fingerprint density at radius 3 is 3.07 bits per heavy atom. The average molecular weight is 192 g/mol. The number of aliphatic imine (C=N–C) groups is 1. The number of aromatic amines is 1. The van der Waals surface area contributed by atoms with Crippen molar-refractivity contribution in [1.29, 1.82) is 0 Å². The number of aromatic nitrogens is 1. The maximum absolute atomic E-state index is 9.50. The molecule has 2 unspecified atom stereocenters. The van der Waals surface area contributed by atoms with Crippen LogP contribution in [-0.2, 0) is 0 Å². The summed E-state index contributed by atoms with van der Waals surface area (Å²) in [6.45, 7) is 0. The summed E-state index contributed by atoms with van der Waals surface area (Å²) in [5, 5.41) is 18.9. The van der Waals surface area contributed by atoms with Gasteiger partial charge in [-0.05, 0) is 12.2 Å². The largest absolute Gasteiger partial charge is 0.494 e. The fourth-order valence-corrected chi connectivity index (χ4v) is 1.84. The van der Waals surface area contributed by atoms with E-state index in [1.165, 1.54) is 0 Å². The number of H-pyrrole nitrogens is 1. The number of allylic oxidation sites excluding steroid dienone is 1. The van der Waals surface area contributed by atoms with Gasteiger partial charge < -0.3 is 14.9 Å². The number of fused-ring (bicyclic) bond motifs is 3. The quantitative estimate of drug-likeness (QED) is 0.570. The number of nitrogens with one attached hydrogen (secondary N) is 1. The third kappa shape index (κ3) is 0.761. The Hall–Kier alpha value is -1.91. The highest BCUT2D eigenvalue weighted by Gasteiger charge is 2.39. The van der Waals surface area contributed by atoms with Crippen molar-refractivity contribution in [3.8, 4) is 17.5 Å². The average Bonchev–Trinajstić information content (AvgIpc) is 2.66. The van der Waals surface area contributed by atoms with Gasteiger partial charge in [-0.25, -0.2) is 0 Å². The number of hydrogen-bond acceptors (Lipinski definition) is 4. The molecular formula is C9H8N2O3. The lowest BCUT2D eigenvalue weighted by atomic mass is 10.1. The smallest absolute Gasteiger partial charge is 0.235 e. The summed E-state index contributed by atoms with van der Waals surface area (Å²) in [7, 11) is 0. The molecule has 3 rings (SSSR count). The molecule has 1 aromatic heterocycles. The lowest BCUT2D eigenvalue weighted by Crippen LogP contribution is -2.17. The summed E-state index contributed by atoms with van der Waals surface area (Å²) in [4.78, 5) is 6.58. The Balaban J connectivity index is 2.17. The lowest BCUT2D eigenvalue weighted by molar-refractivity contribution is 0.244. The molecule has 0 spiro atoms. The predicted octanol–water partition coefficient (Wildman–Crippen LogP) is 0.869. The standard InChI is InChI=1S/C9H8N2O3/c12-8-5-6-4(2-1-3-10-6)14-7(5)9(13)11-8/h1-4,6,11-13H. The number of nitrogens with zero attached hydrogens (tertiary/aromatic N) is 1. The van der Waals surface area contributed by atoms with Crippen molar-refractivity contribution in [3.05, 3.63) is 17.7 Å². The molecule has 0 aromatic carbocycles. The number of aromatic hydroxyl groups is 2. The Morgan fingerprint density at radius 2 is 2.21 bits per heavy atom. The molecule has 5 nitrogen and oxygen atoms in total. The zero-order chi connectivity index (χ0) is 9.71. The van der Waals surface area contributed by atoms with Crippen molar-refractivity contribution < 1.29 is 14.9 Å². The van der Waals surface area contributed by atoms with Crippen LogP contribution in [0.4, 0.5) is 0 Å². The van der Waals surface area contributed by atoms with E-state index in [1.54, 1.807) is 12.3 Å². The molecule has 5 heteroatoms. The van der Waals surface area contributed by atoms with Gasteiger partial charge in [0.1, 0.15) is 12.1 Å². The van der Waals surface area contributed by atoms with Gasteiger partial charge in [0.15, 0.2) is 5.75 Å². The first-order valence-electron chi connectivity index (χ1n) is 4.28. The third-order valence-electron chi connectivity index (χ3n) is 2.45. The summed E-state index contributed by atoms with van der Waals surface area (Å²) in [6.07, 6.45) is 5.07. The van der Waals surface area contributed by atoms with E-state index in [-0.39, 0.29) is 23.9 Å². The van der Waals surface area contributed by atoms with Crippen molar-refractivity contribution in [2.75, 3.05) is 0 Å². The fourth-order valence-electron chi connectivity index (χ4n) is 1.84. The first-order chi connectivity index (χ1) is 6.77. The lowest BCUT2D eigenvalue weighted by Gasteiger charge is -2.14. The van der Waals surface area contributed by atoms with Gasteiger partial charge >= 0.3 is 0 Å². The minimum Gasteiger partial charge on any atom is -0.494 e. The number of hydrogen-bond donors (Lipinski definition) is 3. The van der Waals surface area contributed by atoms with Crippen molar-refractivity contribution in [2.24, 2.45) is 4.99 Å². The third-order valence-corrected chi connectivity index (χ3v) is 2.45. The van der Waals surface area contributed by atoms with E-state index in [4.69, 9.17) is 4.74 Å². The molecule has 3 heterocycles. The molecule has 0 aliphatic carbocycles. The molecule has 2 aliphatic rings. The summed E-state index contributed by atoms with van der Waals surface area (Å²) in [5.74, 6) is 0.0918. The molecule has 14 heavy (non-hydrogen) atoms. The topological polar surface area (TPSA) is 77.8 Å². The van der Waals surface area contributed by atoms with Crippen LogP contribution in [0.5, 0.6) is 17.5 Å². The highest BCUT2D eigenvalue weighted by atomic mass is 16.5. The maximum atomic E-state index is 9.50. The summed E-state index contributed by atoms with van der Waals surface area (Å²) in [6, 6.07) is -0.243. The molecular weight excluding hydrogens is 184 g/mol. The number of ether oxygens (including phenoxy) is 1. The van der Waals surface area contributed by atoms with Gasteiger partial charge in [-0.2, -0.15) is 0 Å². The molecule has 72 valence electrons. The van der Waals surface area contributed by atoms with Gasteiger partial charge in [0.25, 0.3) is 0 Å². The second-order valence-electron chi connectivity index (χ2n) is 3.28. The zero-order valence-electron chi connectivity index (χ0n) is 7.14. The summed E-state index contributed by atoms with van der Waals surface area (Å²) >= 11 is 0. The van der Waals surface area contributed by atoms with Gasteiger partial charge in [0, 0.05) is 6.21 Å². The van der Waals surface area contributed by atoms with E-state index >= 15 is 0 Å². The Bertz CT molecular complexity index is 447. The molecule has 0 saturated heterocycles. The Labute approximate surface area is 79.4 Å². The van der Waals surface area contributed by atoms with Crippen LogP contribution in [0.1, 0.15) is 11.6 Å². The Kier molecular flexibility index (Phi) is 1.24. The first-order valence-corrected chi connectivity index (χ1v) is 4.28. The van der Waals surface area contributed by atoms with Crippen LogP contribution < -0.4 is 4.74 Å². The monoisotopic (exact) mass is 192 g/mol. The van der Waals surface area contributed by atoms with E-state index < -0.39 is 0 Å². The van der Waals surface area contributed by atoms with Crippen molar-refractivity contribution in [3.63, 3.8) is 0 Å². The normalized spacial score (nSPS) is 27.1. The highest BCUT2D eigenvalue weighted by molar-refractivity contribution is 5.74.